The fourth-order valence-electron chi connectivity index (χ4n) is 1.99. The highest BCUT2D eigenvalue weighted by Gasteiger charge is 2.23. The largest absolute Gasteiger partial charge is 0.458 e. The molecule has 0 aliphatic rings. The Morgan fingerprint density at radius 2 is 2.00 bits per heavy atom. The Bertz CT molecular complexity index is 610. The van der Waals surface area contributed by atoms with Crippen LogP contribution in [0.4, 0.5) is 0 Å². The van der Waals surface area contributed by atoms with Gasteiger partial charge in [-0.25, -0.2) is 4.79 Å². The Labute approximate surface area is 118 Å². The van der Waals surface area contributed by atoms with Gasteiger partial charge in [0.05, 0.1) is 5.52 Å². The first-order chi connectivity index (χ1) is 8.79. The van der Waals surface area contributed by atoms with E-state index in [2.05, 4.69) is 0 Å². The molecular formula is C15H18ClNO2. The zero-order chi connectivity index (χ0) is 14.2. The Balaban J connectivity index is 2.34. The summed E-state index contributed by atoms with van der Waals surface area (Å²) in [5.41, 5.74) is 0.456. The van der Waals surface area contributed by atoms with Gasteiger partial charge in [0.15, 0.2) is 0 Å². The molecule has 102 valence electrons. The predicted molar refractivity (Wildman–Crippen MR) is 77.5 cm³/mol. The molecule has 0 bridgehead atoms. The lowest BCUT2D eigenvalue weighted by molar-refractivity contribution is -0.158. The van der Waals surface area contributed by atoms with Crippen LogP contribution in [0.3, 0.4) is 0 Å². The first-order valence-corrected chi connectivity index (χ1v) is 6.65. The predicted octanol–water partition coefficient (Wildman–Crippen LogP) is 4.20. The molecule has 19 heavy (non-hydrogen) atoms. The molecule has 0 spiro atoms. The van der Waals surface area contributed by atoms with E-state index in [4.69, 9.17) is 16.3 Å². The third-order valence-electron chi connectivity index (χ3n) is 2.88. The van der Waals surface area contributed by atoms with Crippen LogP contribution in [-0.4, -0.2) is 16.1 Å². The fraction of sp³-hybridized carbons (Fsp3) is 0.400. The van der Waals surface area contributed by atoms with Crippen LogP contribution < -0.4 is 0 Å². The summed E-state index contributed by atoms with van der Waals surface area (Å²) in [6.45, 7) is 7.42. The van der Waals surface area contributed by atoms with Crippen LogP contribution in [-0.2, 0) is 9.53 Å². The maximum absolute atomic E-state index is 12.1. The zero-order valence-electron chi connectivity index (χ0n) is 11.6. The lowest BCUT2D eigenvalue weighted by Crippen LogP contribution is -2.28. The van der Waals surface area contributed by atoms with Crippen LogP contribution in [0, 0.1) is 0 Å². The van der Waals surface area contributed by atoms with E-state index in [0.29, 0.717) is 5.02 Å². The highest BCUT2D eigenvalue weighted by molar-refractivity contribution is 6.35. The van der Waals surface area contributed by atoms with Crippen molar-refractivity contribution in [3.05, 3.63) is 35.5 Å². The average molecular weight is 280 g/mol. The van der Waals surface area contributed by atoms with Crippen molar-refractivity contribution in [2.45, 2.75) is 39.3 Å². The molecule has 3 nitrogen and oxygen atoms in total. The topological polar surface area (TPSA) is 31.2 Å². The third kappa shape index (κ3) is 2.92. The van der Waals surface area contributed by atoms with Gasteiger partial charge in [0.25, 0.3) is 0 Å². The molecule has 1 heterocycles. The first kappa shape index (κ1) is 13.9. The number of hydrogen-bond donors (Lipinski definition) is 0. The quantitative estimate of drug-likeness (QED) is 0.772. The summed E-state index contributed by atoms with van der Waals surface area (Å²) >= 11 is 6.13. The molecule has 0 N–H and O–H groups in total. The number of ether oxygens (including phenoxy) is 1. The van der Waals surface area contributed by atoms with E-state index < -0.39 is 5.60 Å². The molecule has 1 atom stereocenters. The summed E-state index contributed by atoms with van der Waals surface area (Å²) in [6.07, 6.45) is 1.87. The lowest BCUT2D eigenvalue weighted by atomic mass is 10.2. The van der Waals surface area contributed by atoms with Gasteiger partial charge in [0.1, 0.15) is 11.6 Å². The highest BCUT2D eigenvalue weighted by atomic mass is 35.5. The SMILES string of the molecule is CC(C(=O)OC(C)(C)C)n1ccc2c(Cl)cccc21. The summed E-state index contributed by atoms with van der Waals surface area (Å²) < 4.78 is 7.29. The van der Waals surface area contributed by atoms with Gasteiger partial charge in [-0.3, -0.25) is 0 Å². The van der Waals surface area contributed by atoms with Crippen LogP contribution in [0.1, 0.15) is 33.7 Å². The van der Waals surface area contributed by atoms with Gasteiger partial charge in [-0.05, 0) is 45.9 Å². The minimum absolute atomic E-state index is 0.245. The Morgan fingerprint density at radius 3 is 2.63 bits per heavy atom. The van der Waals surface area contributed by atoms with Crippen molar-refractivity contribution in [2.24, 2.45) is 0 Å². The summed E-state index contributed by atoms with van der Waals surface area (Å²) in [5.74, 6) is -0.245. The molecule has 4 heteroatoms. The summed E-state index contributed by atoms with van der Waals surface area (Å²) in [4.78, 5) is 12.1. The van der Waals surface area contributed by atoms with Crippen molar-refractivity contribution >= 4 is 28.5 Å². The molecular weight excluding hydrogens is 262 g/mol. The van der Waals surface area contributed by atoms with Crippen molar-refractivity contribution in [1.82, 2.24) is 4.57 Å². The Morgan fingerprint density at radius 1 is 1.32 bits per heavy atom. The third-order valence-corrected chi connectivity index (χ3v) is 3.20. The van der Waals surface area contributed by atoms with E-state index in [9.17, 15) is 4.79 Å². The lowest BCUT2D eigenvalue weighted by Gasteiger charge is -2.23. The minimum atomic E-state index is -0.480. The molecule has 0 saturated heterocycles. The van der Waals surface area contributed by atoms with Crippen LogP contribution in [0.5, 0.6) is 0 Å². The Hall–Kier alpha value is -1.48. The summed E-state index contributed by atoms with van der Waals surface area (Å²) in [5, 5.41) is 1.63. The van der Waals surface area contributed by atoms with Crippen LogP contribution >= 0.6 is 11.6 Å². The van der Waals surface area contributed by atoms with E-state index in [1.54, 1.807) is 0 Å². The average Bonchev–Trinajstić information content (AvgIpc) is 2.71. The molecule has 1 aromatic carbocycles. The highest BCUT2D eigenvalue weighted by Crippen LogP contribution is 2.27. The Kier molecular flexibility index (Phi) is 3.59. The molecule has 0 amide bonds. The van der Waals surface area contributed by atoms with Crippen LogP contribution in [0.25, 0.3) is 10.9 Å². The van der Waals surface area contributed by atoms with Crippen molar-refractivity contribution in [2.75, 3.05) is 0 Å². The molecule has 1 aromatic heterocycles. The van der Waals surface area contributed by atoms with Gasteiger partial charge < -0.3 is 9.30 Å². The molecule has 0 fully saturated rings. The standard InChI is InChI=1S/C15H18ClNO2/c1-10(14(18)19-15(2,3)4)17-9-8-11-12(16)6-5-7-13(11)17/h5-10H,1-4H3. The fourth-order valence-corrected chi connectivity index (χ4v) is 2.22. The summed E-state index contributed by atoms with van der Waals surface area (Å²) in [7, 11) is 0. The normalized spacial score (nSPS) is 13.5. The van der Waals surface area contributed by atoms with Gasteiger partial charge in [-0.2, -0.15) is 0 Å². The number of nitrogens with zero attached hydrogens (tertiary/aromatic N) is 1. The summed E-state index contributed by atoms with van der Waals surface area (Å²) in [6, 6.07) is 7.20. The van der Waals surface area contributed by atoms with E-state index in [-0.39, 0.29) is 12.0 Å². The van der Waals surface area contributed by atoms with Crippen LogP contribution in [0.2, 0.25) is 5.02 Å². The molecule has 1 unspecified atom stereocenters. The number of carbonyl (C=O) groups excluding carboxylic acids is 1. The number of halogens is 1. The molecule has 0 aliphatic heterocycles. The smallest absolute Gasteiger partial charge is 0.329 e. The van der Waals surface area contributed by atoms with Gasteiger partial charge in [-0.15, -0.1) is 0 Å². The minimum Gasteiger partial charge on any atom is -0.458 e. The van der Waals surface area contributed by atoms with E-state index >= 15 is 0 Å². The molecule has 0 aliphatic carbocycles. The number of fused-ring (bicyclic) bond motifs is 1. The van der Waals surface area contributed by atoms with Crippen LogP contribution in [0.15, 0.2) is 30.5 Å². The maximum Gasteiger partial charge on any atom is 0.329 e. The number of hydrogen-bond acceptors (Lipinski definition) is 2. The second-order valence-corrected chi connectivity index (χ2v) is 6.01. The van der Waals surface area contributed by atoms with Crippen molar-refractivity contribution in [1.29, 1.82) is 0 Å². The van der Waals surface area contributed by atoms with Gasteiger partial charge in [-0.1, -0.05) is 17.7 Å². The monoisotopic (exact) mass is 279 g/mol. The second kappa shape index (κ2) is 4.89. The number of aromatic nitrogens is 1. The van der Waals surface area contributed by atoms with Gasteiger partial charge >= 0.3 is 5.97 Å². The molecule has 2 rings (SSSR count). The maximum atomic E-state index is 12.1. The zero-order valence-corrected chi connectivity index (χ0v) is 12.4. The molecule has 0 saturated carbocycles. The van der Waals surface area contributed by atoms with Gasteiger partial charge in [0.2, 0.25) is 0 Å². The van der Waals surface area contributed by atoms with Crippen molar-refractivity contribution in [3.63, 3.8) is 0 Å². The number of esters is 1. The number of rotatable bonds is 2. The number of benzene rings is 1. The second-order valence-electron chi connectivity index (χ2n) is 5.61. The first-order valence-electron chi connectivity index (χ1n) is 6.27. The van der Waals surface area contributed by atoms with E-state index in [0.717, 1.165) is 10.9 Å². The van der Waals surface area contributed by atoms with Crippen molar-refractivity contribution in [3.8, 4) is 0 Å². The molecule has 2 aromatic rings. The van der Waals surface area contributed by atoms with Crippen molar-refractivity contribution < 1.29 is 9.53 Å². The number of carbonyl (C=O) groups is 1. The van der Waals surface area contributed by atoms with Gasteiger partial charge in [0, 0.05) is 16.6 Å². The van der Waals surface area contributed by atoms with E-state index in [1.165, 1.54) is 0 Å². The van der Waals surface area contributed by atoms with E-state index in [1.807, 2.05) is 62.7 Å². The molecule has 0 radical (unpaired) electrons.